The lowest BCUT2D eigenvalue weighted by Gasteiger charge is -2.39. The van der Waals surface area contributed by atoms with Crippen molar-refractivity contribution < 1.29 is 27.5 Å². The molecule has 2 aliphatic rings. The van der Waals surface area contributed by atoms with Crippen LogP contribution < -0.4 is 15.4 Å². The van der Waals surface area contributed by atoms with E-state index in [9.17, 15) is 22.8 Å². The van der Waals surface area contributed by atoms with Crippen LogP contribution in [0.5, 0.6) is 5.75 Å². The molecule has 35 heavy (non-hydrogen) atoms. The molecule has 6 nitrogen and oxygen atoms in total. The van der Waals surface area contributed by atoms with Gasteiger partial charge in [-0.3, -0.25) is 14.5 Å². The van der Waals surface area contributed by atoms with Crippen LogP contribution in [0.1, 0.15) is 31.2 Å². The van der Waals surface area contributed by atoms with E-state index < -0.39 is 18.7 Å². The topological polar surface area (TPSA) is 70.7 Å². The van der Waals surface area contributed by atoms with E-state index in [2.05, 4.69) is 10.2 Å². The fourth-order valence-corrected chi connectivity index (χ4v) is 5.08. The number of piperidine rings is 1. The Bertz CT molecular complexity index is 1070. The molecule has 2 bridgehead atoms. The third-order valence-electron chi connectivity index (χ3n) is 6.33. The highest BCUT2D eigenvalue weighted by Crippen LogP contribution is 2.37. The van der Waals surface area contributed by atoms with E-state index in [-0.39, 0.29) is 28.4 Å². The van der Waals surface area contributed by atoms with Crippen LogP contribution in [0.15, 0.2) is 42.5 Å². The van der Waals surface area contributed by atoms with Crippen LogP contribution in [0.3, 0.4) is 0 Å². The lowest BCUT2D eigenvalue weighted by atomic mass is 9.96. The van der Waals surface area contributed by atoms with Crippen LogP contribution in [-0.4, -0.2) is 47.6 Å². The molecular formula is C24H24Cl2F3N3O3. The molecule has 2 fully saturated rings. The van der Waals surface area contributed by atoms with Crippen molar-refractivity contribution in [3.05, 3.63) is 58.1 Å². The zero-order valence-electron chi connectivity index (χ0n) is 18.6. The first-order valence-corrected chi connectivity index (χ1v) is 11.9. The number of ether oxygens (including phenoxy) is 1. The predicted octanol–water partition coefficient (Wildman–Crippen LogP) is 5.18. The van der Waals surface area contributed by atoms with Gasteiger partial charge in [0, 0.05) is 34.7 Å². The van der Waals surface area contributed by atoms with E-state index in [4.69, 9.17) is 27.9 Å². The Balaban J connectivity index is 1.30. The maximum atomic E-state index is 12.6. The lowest BCUT2D eigenvalue weighted by Crippen LogP contribution is -2.50. The summed E-state index contributed by atoms with van der Waals surface area (Å²) in [6, 6.07) is 12.3. The lowest BCUT2D eigenvalue weighted by molar-refractivity contribution is -0.167. The smallest absolute Gasteiger partial charge is 0.471 e. The van der Waals surface area contributed by atoms with Gasteiger partial charge in [0.15, 0.2) is 6.61 Å². The number of nitrogens with zero attached hydrogens (tertiary/aromatic N) is 1. The van der Waals surface area contributed by atoms with Gasteiger partial charge in [-0.05, 0) is 61.6 Å². The number of amides is 2. The van der Waals surface area contributed by atoms with E-state index in [1.54, 1.807) is 5.32 Å². The maximum absolute atomic E-state index is 12.6. The molecule has 0 spiro atoms. The van der Waals surface area contributed by atoms with Gasteiger partial charge in [0.05, 0.1) is 5.69 Å². The molecule has 2 heterocycles. The normalized spacial score (nSPS) is 22.0. The number of alkyl halides is 3. The van der Waals surface area contributed by atoms with Crippen LogP contribution in [0, 0.1) is 0 Å². The SMILES string of the molecule is O=C(COc1ccc(Cl)cc1NC(=O)C(F)(F)F)N[C@H]1C[C@H]2CC[C@@H](C1)N2Cc1ccc(Cl)cc1. The van der Waals surface area contributed by atoms with Crippen LogP contribution in [0.25, 0.3) is 0 Å². The van der Waals surface area contributed by atoms with Crippen molar-refractivity contribution in [2.24, 2.45) is 0 Å². The Morgan fingerprint density at radius 2 is 1.63 bits per heavy atom. The van der Waals surface area contributed by atoms with E-state index in [1.165, 1.54) is 17.7 Å². The van der Waals surface area contributed by atoms with Crippen LogP contribution in [-0.2, 0) is 16.1 Å². The number of rotatable bonds is 7. The molecule has 2 aromatic carbocycles. The molecule has 3 atom stereocenters. The zero-order valence-corrected chi connectivity index (χ0v) is 20.1. The molecule has 2 amide bonds. The minimum absolute atomic E-state index is 0.0142. The molecule has 0 aliphatic carbocycles. The maximum Gasteiger partial charge on any atom is 0.471 e. The fraction of sp³-hybridized carbons (Fsp3) is 0.417. The number of benzene rings is 2. The van der Waals surface area contributed by atoms with Gasteiger partial charge in [0.1, 0.15) is 5.75 Å². The van der Waals surface area contributed by atoms with Gasteiger partial charge in [0.2, 0.25) is 0 Å². The first-order chi connectivity index (χ1) is 16.6. The van der Waals surface area contributed by atoms with Crippen molar-refractivity contribution in [1.29, 1.82) is 0 Å². The van der Waals surface area contributed by atoms with Crippen molar-refractivity contribution in [2.75, 3.05) is 11.9 Å². The molecule has 0 radical (unpaired) electrons. The summed E-state index contributed by atoms with van der Waals surface area (Å²) >= 11 is 11.8. The highest BCUT2D eigenvalue weighted by molar-refractivity contribution is 6.31. The highest BCUT2D eigenvalue weighted by atomic mass is 35.5. The summed E-state index contributed by atoms with van der Waals surface area (Å²) < 4.78 is 43.3. The molecule has 4 rings (SSSR count). The van der Waals surface area contributed by atoms with Gasteiger partial charge < -0.3 is 15.4 Å². The molecule has 2 aliphatic heterocycles. The van der Waals surface area contributed by atoms with Crippen molar-refractivity contribution in [3.8, 4) is 5.75 Å². The van der Waals surface area contributed by atoms with Crippen LogP contribution in [0.4, 0.5) is 18.9 Å². The number of anilines is 1. The minimum Gasteiger partial charge on any atom is -0.482 e. The standard InChI is InChI=1S/C24H24Cl2F3N3O3/c25-15-3-1-14(2-4-15)12-32-18-6-7-19(32)11-17(10-18)30-22(33)13-35-21-8-5-16(26)9-20(21)31-23(34)24(27,28)29/h1-5,8-9,17-19H,6-7,10-13H2,(H,30,33)(H,31,34)/t17-,18+,19-. The fourth-order valence-electron chi connectivity index (χ4n) is 4.78. The number of hydrogen-bond acceptors (Lipinski definition) is 4. The summed E-state index contributed by atoms with van der Waals surface area (Å²) in [5.41, 5.74) is 0.930. The third-order valence-corrected chi connectivity index (χ3v) is 6.82. The molecule has 0 aromatic heterocycles. The Labute approximate surface area is 210 Å². The quantitative estimate of drug-likeness (QED) is 0.518. The summed E-state index contributed by atoms with van der Waals surface area (Å²) in [6.45, 7) is 0.427. The second-order valence-corrected chi connectivity index (χ2v) is 9.67. The van der Waals surface area contributed by atoms with E-state index in [0.29, 0.717) is 17.1 Å². The Morgan fingerprint density at radius 3 is 2.26 bits per heavy atom. The van der Waals surface area contributed by atoms with Crippen molar-refractivity contribution in [3.63, 3.8) is 0 Å². The summed E-state index contributed by atoms with van der Waals surface area (Å²) in [6.07, 6.45) is -1.33. The van der Waals surface area contributed by atoms with Gasteiger partial charge >= 0.3 is 12.1 Å². The number of hydrogen-bond donors (Lipinski definition) is 2. The van der Waals surface area contributed by atoms with Gasteiger partial charge in [-0.25, -0.2) is 0 Å². The van der Waals surface area contributed by atoms with E-state index in [0.717, 1.165) is 38.3 Å². The largest absolute Gasteiger partial charge is 0.482 e. The molecule has 2 aromatic rings. The molecule has 2 N–H and O–H groups in total. The van der Waals surface area contributed by atoms with Gasteiger partial charge in [-0.1, -0.05) is 35.3 Å². The van der Waals surface area contributed by atoms with Crippen molar-refractivity contribution in [1.82, 2.24) is 10.2 Å². The number of fused-ring (bicyclic) bond motifs is 2. The second-order valence-electron chi connectivity index (χ2n) is 8.80. The minimum atomic E-state index is -5.07. The number of halogens is 5. The second kappa shape index (κ2) is 10.6. The Hall–Kier alpha value is -2.49. The Kier molecular flexibility index (Phi) is 7.78. The molecule has 11 heteroatoms. The first-order valence-electron chi connectivity index (χ1n) is 11.2. The summed E-state index contributed by atoms with van der Waals surface area (Å²) in [5.74, 6) is -2.63. The van der Waals surface area contributed by atoms with Gasteiger partial charge in [-0.15, -0.1) is 0 Å². The van der Waals surface area contributed by atoms with Crippen molar-refractivity contribution in [2.45, 2.75) is 56.5 Å². The Morgan fingerprint density at radius 1 is 1.00 bits per heavy atom. The zero-order chi connectivity index (χ0) is 25.2. The molecule has 2 saturated heterocycles. The third kappa shape index (κ3) is 6.59. The molecule has 0 unspecified atom stereocenters. The summed E-state index contributed by atoms with van der Waals surface area (Å²) in [7, 11) is 0. The highest BCUT2D eigenvalue weighted by Gasteiger charge is 2.41. The number of nitrogens with one attached hydrogen (secondary N) is 2. The van der Waals surface area contributed by atoms with Crippen LogP contribution >= 0.6 is 23.2 Å². The first kappa shape index (κ1) is 25.6. The average Bonchev–Trinajstić information content (AvgIpc) is 3.01. The van der Waals surface area contributed by atoms with E-state index in [1.807, 2.05) is 24.3 Å². The number of carbonyl (C=O) groups excluding carboxylic acids is 2. The monoisotopic (exact) mass is 529 g/mol. The van der Waals surface area contributed by atoms with E-state index >= 15 is 0 Å². The predicted molar refractivity (Wildman–Crippen MR) is 127 cm³/mol. The summed E-state index contributed by atoms with van der Waals surface area (Å²) in [4.78, 5) is 26.3. The van der Waals surface area contributed by atoms with Crippen LogP contribution in [0.2, 0.25) is 10.0 Å². The molecule has 0 saturated carbocycles. The average molecular weight is 530 g/mol. The van der Waals surface area contributed by atoms with Crippen molar-refractivity contribution >= 4 is 40.7 Å². The molecular weight excluding hydrogens is 506 g/mol. The van der Waals surface area contributed by atoms with Gasteiger partial charge in [0.25, 0.3) is 5.91 Å². The number of carbonyl (C=O) groups is 2. The van der Waals surface area contributed by atoms with Gasteiger partial charge in [-0.2, -0.15) is 13.2 Å². The summed E-state index contributed by atoms with van der Waals surface area (Å²) in [5, 5.41) is 5.52. The molecule has 188 valence electrons.